The lowest BCUT2D eigenvalue weighted by atomic mass is 10.2. The second kappa shape index (κ2) is 7.50. The van der Waals surface area contributed by atoms with Gasteiger partial charge in [0.15, 0.2) is 5.69 Å². The second-order valence-electron chi connectivity index (χ2n) is 5.82. The van der Waals surface area contributed by atoms with Crippen LogP contribution in [0.5, 0.6) is 0 Å². The molecule has 4 aromatic rings. The third-order valence-corrected chi connectivity index (χ3v) is 4.78. The third-order valence-electron chi connectivity index (χ3n) is 3.92. The molecule has 0 aliphatic carbocycles. The first-order valence-corrected chi connectivity index (χ1v) is 9.04. The molecule has 0 fully saturated rings. The molecule has 0 saturated heterocycles. The van der Waals surface area contributed by atoms with Crippen LogP contribution < -0.4 is 5.32 Å². The maximum Gasteiger partial charge on any atom is 0.273 e. The third kappa shape index (κ3) is 3.93. The molecule has 0 aliphatic rings. The Morgan fingerprint density at radius 3 is 2.96 bits per heavy atom. The van der Waals surface area contributed by atoms with Gasteiger partial charge in [0, 0.05) is 23.8 Å². The molecule has 0 aliphatic heterocycles. The number of amides is 1. The van der Waals surface area contributed by atoms with E-state index < -0.39 is 0 Å². The highest BCUT2D eigenvalue weighted by Gasteiger charge is 2.12. The van der Waals surface area contributed by atoms with Crippen LogP contribution in [0.1, 0.15) is 20.9 Å². The SMILES string of the molecule is O=C(NCc1ccc(-n2ccnc2)c(F)c1)c1cn(Cc2cccs2)nn1. The van der Waals surface area contributed by atoms with Gasteiger partial charge in [-0.25, -0.2) is 14.1 Å². The molecular formula is C18H15FN6OS. The van der Waals surface area contributed by atoms with Crippen molar-refractivity contribution in [3.63, 3.8) is 0 Å². The van der Waals surface area contributed by atoms with E-state index in [2.05, 4.69) is 20.6 Å². The Morgan fingerprint density at radius 1 is 1.30 bits per heavy atom. The summed E-state index contributed by atoms with van der Waals surface area (Å²) < 4.78 is 17.5. The molecule has 3 heterocycles. The normalized spacial score (nSPS) is 10.9. The van der Waals surface area contributed by atoms with Crippen molar-refractivity contribution in [3.05, 3.63) is 82.6 Å². The summed E-state index contributed by atoms with van der Waals surface area (Å²) in [5.74, 6) is -0.742. The molecule has 0 radical (unpaired) electrons. The van der Waals surface area contributed by atoms with E-state index in [0.717, 1.165) is 4.88 Å². The highest BCUT2D eigenvalue weighted by atomic mass is 32.1. The lowest BCUT2D eigenvalue weighted by Gasteiger charge is -2.07. The van der Waals surface area contributed by atoms with Crippen molar-refractivity contribution in [2.75, 3.05) is 0 Å². The van der Waals surface area contributed by atoms with Crippen molar-refractivity contribution in [1.82, 2.24) is 29.9 Å². The topological polar surface area (TPSA) is 77.6 Å². The van der Waals surface area contributed by atoms with Gasteiger partial charge in [0.2, 0.25) is 0 Å². The van der Waals surface area contributed by atoms with Gasteiger partial charge in [-0.1, -0.05) is 17.3 Å². The van der Waals surface area contributed by atoms with Gasteiger partial charge in [0.1, 0.15) is 5.82 Å². The summed E-state index contributed by atoms with van der Waals surface area (Å²) in [6.07, 6.45) is 6.37. The number of hydrogen-bond donors (Lipinski definition) is 1. The first kappa shape index (κ1) is 17.1. The number of halogens is 1. The van der Waals surface area contributed by atoms with E-state index in [9.17, 15) is 9.18 Å². The van der Waals surface area contributed by atoms with Gasteiger partial charge >= 0.3 is 0 Å². The molecule has 9 heteroatoms. The van der Waals surface area contributed by atoms with Crippen LogP contribution in [0.2, 0.25) is 0 Å². The van der Waals surface area contributed by atoms with Gasteiger partial charge in [-0.05, 0) is 29.1 Å². The Balaban J connectivity index is 1.38. The molecule has 7 nitrogen and oxygen atoms in total. The zero-order valence-electron chi connectivity index (χ0n) is 14.1. The number of rotatable bonds is 6. The Bertz CT molecular complexity index is 1040. The summed E-state index contributed by atoms with van der Waals surface area (Å²) in [7, 11) is 0. The molecule has 4 rings (SSSR count). The fourth-order valence-corrected chi connectivity index (χ4v) is 3.28. The minimum absolute atomic E-state index is 0.192. The first-order chi connectivity index (χ1) is 13.2. The number of benzene rings is 1. The van der Waals surface area contributed by atoms with Crippen LogP contribution in [0.15, 0.2) is 60.6 Å². The summed E-state index contributed by atoms with van der Waals surface area (Å²) in [6, 6.07) is 8.75. The van der Waals surface area contributed by atoms with Crippen LogP contribution in [0.25, 0.3) is 5.69 Å². The summed E-state index contributed by atoms with van der Waals surface area (Å²) in [5.41, 5.74) is 1.27. The van der Waals surface area contributed by atoms with E-state index >= 15 is 0 Å². The fourth-order valence-electron chi connectivity index (χ4n) is 2.59. The van der Waals surface area contributed by atoms with Crippen LogP contribution in [-0.4, -0.2) is 30.5 Å². The number of nitrogens with zero attached hydrogens (tertiary/aromatic N) is 5. The Labute approximate surface area is 158 Å². The highest BCUT2D eigenvalue weighted by Crippen LogP contribution is 2.15. The van der Waals surface area contributed by atoms with Gasteiger partial charge in [-0.3, -0.25) is 4.79 Å². The van der Waals surface area contributed by atoms with Crippen LogP contribution >= 0.6 is 11.3 Å². The maximum absolute atomic E-state index is 14.3. The predicted molar refractivity (Wildman–Crippen MR) is 98.1 cm³/mol. The van der Waals surface area contributed by atoms with Gasteiger partial charge in [0.25, 0.3) is 5.91 Å². The van der Waals surface area contributed by atoms with Gasteiger partial charge in [0.05, 0.1) is 24.8 Å². The van der Waals surface area contributed by atoms with Crippen LogP contribution in [0.3, 0.4) is 0 Å². The lowest BCUT2D eigenvalue weighted by molar-refractivity contribution is 0.0945. The van der Waals surface area contributed by atoms with Crippen LogP contribution in [-0.2, 0) is 13.1 Å². The van der Waals surface area contributed by atoms with Crippen LogP contribution in [0.4, 0.5) is 4.39 Å². The second-order valence-corrected chi connectivity index (χ2v) is 6.85. The number of aromatic nitrogens is 5. The van der Waals surface area contributed by atoms with E-state index in [1.807, 2.05) is 17.5 Å². The Hall–Kier alpha value is -3.33. The van der Waals surface area contributed by atoms with E-state index in [4.69, 9.17) is 0 Å². The zero-order chi connectivity index (χ0) is 18.6. The zero-order valence-corrected chi connectivity index (χ0v) is 14.9. The number of thiophene rings is 1. The van der Waals surface area contributed by atoms with Crippen molar-refractivity contribution >= 4 is 17.2 Å². The van der Waals surface area contributed by atoms with Gasteiger partial charge < -0.3 is 9.88 Å². The molecule has 0 saturated carbocycles. The maximum atomic E-state index is 14.3. The lowest BCUT2D eigenvalue weighted by Crippen LogP contribution is -2.23. The molecule has 0 atom stereocenters. The highest BCUT2D eigenvalue weighted by molar-refractivity contribution is 7.09. The molecule has 0 bridgehead atoms. The summed E-state index contributed by atoms with van der Waals surface area (Å²) >= 11 is 1.61. The average molecular weight is 382 g/mol. The van der Waals surface area contributed by atoms with Crippen molar-refractivity contribution < 1.29 is 9.18 Å². The number of imidazole rings is 1. The van der Waals surface area contributed by atoms with Crippen molar-refractivity contribution in [3.8, 4) is 5.69 Å². The van der Waals surface area contributed by atoms with Crippen molar-refractivity contribution in [2.45, 2.75) is 13.1 Å². The fraction of sp³-hybridized carbons (Fsp3) is 0.111. The number of hydrogen-bond acceptors (Lipinski definition) is 5. The quantitative estimate of drug-likeness (QED) is 0.556. The number of nitrogens with one attached hydrogen (secondary N) is 1. The summed E-state index contributed by atoms with van der Waals surface area (Å²) in [4.78, 5) is 17.3. The Morgan fingerprint density at radius 2 is 2.22 bits per heavy atom. The van der Waals surface area contributed by atoms with E-state index in [1.165, 1.54) is 12.4 Å². The molecule has 3 aromatic heterocycles. The van der Waals surface area contributed by atoms with E-state index in [1.54, 1.807) is 51.3 Å². The van der Waals surface area contributed by atoms with Crippen LogP contribution in [0, 0.1) is 5.82 Å². The average Bonchev–Trinajstić information content (AvgIpc) is 3.43. The first-order valence-electron chi connectivity index (χ1n) is 8.16. The predicted octanol–water partition coefficient (Wildman–Crippen LogP) is 2.64. The molecule has 1 aromatic carbocycles. The molecular weight excluding hydrogens is 367 g/mol. The summed E-state index contributed by atoms with van der Waals surface area (Å²) in [5, 5.41) is 12.6. The molecule has 0 unspecified atom stereocenters. The molecule has 1 N–H and O–H groups in total. The monoisotopic (exact) mass is 382 g/mol. The van der Waals surface area contributed by atoms with E-state index in [0.29, 0.717) is 17.8 Å². The molecule has 27 heavy (non-hydrogen) atoms. The standard InChI is InChI=1S/C18H15FN6OS/c19-15-8-13(3-4-17(15)24-6-5-20-12-24)9-21-18(26)16-11-25(23-22-16)10-14-2-1-7-27-14/h1-8,11-12H,9-10H2,(H,21,26). The van der Waals surface area contributed by atoms with Crippen molar-refractivity contribution in [1.29, 1.82) is 0 Å². The van der Waals surface area contributed by atoms with E-state index in [-0.39, 0.29) is 24.0 Å². The molecule has 136 valence electrons. The Kier molecular flexibility index (Phi) is 4.75. The van der Waals surface area contributed by atoms with Gasteiger partial charge in [-0.2, -0.15) is 0 Å². The largest absolute Gasteiger partial charge is 0.347 e. The smallest absolute Gasteiger partial charge is 0.273 e. The summed E-state index contributed by atoms with van der Waals surface area (Å²) in [6.45, 7) is 0.761. The minimum atomic E-state index is -0.387. The number of carbonyl (C=O) groups is 1. The van der Waals surface area contributed by atoms with Gasteiger partial charge in [-0.15, -0.1) is 16.4 Å². The molecule has 0 spiro atoms. The minimum Gasteiger partial charge on any atom is -0.347 e. The number of carbonyl (C=O) groups excluding carboxylic acids is 1. The van der Waals surface area contributed by atoms with Crippen molar-refractivity contribution in [2.24, 2.45) is 0 Å². The molecule has 1 amide bonds.